The molecule has 2 saturated heterocycles. The topological polar surface area (TPSA) is 75.6 Å². The van der Waals surface area contributed by atoms with Crippen molar-refractivity contribution in [3.8, 4) is 0 Å². The predicted molar refractivity (Wildman–Crippen MR) is 78.5 cm³/mol. The van der Waals surface area contributed by atoms with Crippen molar-refractivity contribution >= 4 is 27.8 Å². The SMILES string of the molecule is O=C(O)[C@@H]1[C@@H](C(=O)NCc2ccccc2Br)[C@@H]2CC[C@@H]1O2. The third-order valence-electron chi connectivity index (χ3n) is 4.27. The molecular formula is C15H16BrNO4. The number of fused-ring (bicyclic) bond motifs is 2. The fourth-order valence-corrected chi connectivity index (χ4v) is 3.69. The molecule has 1 aromatic rings. The monoisotopic (exact) mass is 353 g/mol. The van der Waals surface area contributed by atoms with Gasteiger partial charge in [-0.25, -0.2) is 0 Å². The van der Waals surface area contributed by atoms with Crippen molar-refractivity contribution in [3.63, 3.8) is 0 Å². The van der Waals surface area contributed by atoms with E-state index in [-0.39, 0.29) is 18.1 Å². The number of rotatable bonds is 4. The van der Waals surface area contributed by atoms with Crippen molar-refractivity contribution in [2.75, 3.05) is 0 Å². The van der Waals surface area contributed by atoms with Gasteiger partial charge in [0.05, 0.1) is 24.0 Å². The lowest BCUT2D eigenvalue weighted by Gasteiger charge is -2.24. The fraction of sp³-hybridized carbons (Fsp3) is 0.467. The van der Waals surface area contributed by atoms with Gasteiger partial charge in [-0.3, -0.25) is 9.59 Å². The summed E-state index contributed by atoms with van der Waals surface area (Å²) in [5.74, 6) is -2.47. The summed E-state index contributed by atoms with van der Waals surface area (Å²) in [5, 5.41) is 12.2. The first-order valence-electron chi connectivity index (χ1n) is 6.97. The molecule has 2 bridgehead atoms. The zero-order valence-corrected chi connectivity index (χ0v) is 12.9. The molecule has 0 unspecified atom stereocenters. The minimum Gasteiger partial charge on any atom is -0.481 e. The van der Waals surface area contributed by atoms with Crippen molar-refractivity contribution in [1.82, 2.24) is 5.32 Å². The summed E-state index contributed by atoms with van der Waals surface area (Å²) >= 11 is 3.43. The lowest BCUT2D eigenvalue weighted by Crippen LogP contribution is -2.43. The molecule has 2 heterocycles. The number of amides is 1. The van der Waals surface area contributed by atoms with Crippen molar-refractivity contribution in [2.24, 2.45) is 11.8 Å². The van der Waals surface area contributed by atoms with Crippen LogP contribution in [-0.4, -0.2) is 29.2 Å². The highest BCUT2D eigenvalue weighted by molar-refractivity contribution is 9.10. The van der Waals surface area contributed by atoms with Crippen molar-refractivity contribution in [1.29, 1.82) is 0 Å². The molecule has 1 aromatic carbocycles. The van der Waals surface area contributed by atoms with Crippen molar-refractivity contribution in [2.45, 2.75) is 31.6 Å². The summed E-state index contributed by atoms with van der Waals surface area (Å²) in [6, 6.07) is 7.62. The Labute approximate surface area is 130 Å². The van der Waals surface area contributed by atoms with E-state index in [1.165, 1.54) is 0 Å². The van der Waals surface area contributed by atoms with Gasteiger partial charge < -0.3 is 15.2 Å². The van der Waals surface area contributed by atoms with Gasteiger partial charge in [0.25, 0.3) is 0 Å². The zero-order chi connectivity index (χ0) is 15.0. The Kier molecular flexibility index (Phi) is 3.99. The first-order chi connectivity index (χ1) is 10.1. The Balaban J connectivity index is 1.68. The van der Waals surface area contributed by atoms with Crippen LogP contribution in [0.2, 0.25) is 0 Å². The third-order valence-corrected chi connectivity index (χ3v) is 5.05. The second kappa shape index (κ2) is 5.77. The number of carboxylic acid groups (broad SMARTS) is 1. The van der Waals surface area contributed by atoms with Gasteiger partial charge in [0, 0.05) is 11.0 Å². The molecule has 0 aliphatic carbocycles. The molecule has 0 saturated carbocycles. The summed E-state index contributed by atoms with van der Waals surface area (Å²) in [7, 11) is 0. The average molecular weight is 354 g/mol. The van der Waals surface area contributed by atoms with Crippen LogP contribution in [0.5, 0.6) is 0 Å². The molecule has 0 spiro atoms. The number of halogens is 1. The number of ether oxygens (including phenoxy) is 1. The van der Waals surface area contributed by atoms with Crippen LogP contribution in [0.15, 0.2) is 28.7 Å². The minimum atomic E-state index is -0.941. The van der Waals surface area contributed by atoms with Gasteiger partial charge in [-0.2, -0.15) is 0 Å². The van der Waals surface area contributed by atoms with Crippen LogP contribution >= 0.6 is 15.9 Å². The van der Waals surface area contributed by atoms with Crippen LogP contribution in [0.3, 0.4) is 0 Å². The van der Waals surface area contributed by atoms with Crippen LogP contribution in [0.1, 0.15) is 18.4 Å². The molecule has 3 rings (SSSR count). The average Bonchev–Trinajstić information content (AvgIpc) is 3.06. The van der Waals surface area contributed by atoms with E-state index in [1.54, 1.807) is 0 Å². The summed E-state index contributed by atoms with van der Waals surface area (Å²) in [6.45, 7) is 0.375. The van der Waals surface area contributed by atoms with Gasteiger partial charge in [-0.05, 0) is 24.5 Å². The van der Waals surface area contributed by atoms with Crippen LogP contribution in [0, 0.1) is 11.8 Å². The highest BCUT2D eigenvalue weighted by atomic mass is 79.9. The lowest BCUT2D eigenvalue weighted by molar-refractivity contribution is -0.147. The standard InChI is InChI=1S/C15H16BrNO4/c16-9-4-2-1-3-8(9)7-17-14(18)12-10-5-6-11(21-10)13(12)15(19)20/h1-4,10-13H,5-7H2,(H,17,18)(H,19,20)/t10-,11-,12-,13-/m0/s1. The van der Waals surface area contributed by atoms with Crippen LogP contribution < -0.4 is 5.32 Å². The Morgan fingerprint density at radius 2 is 1.90 bits per heavy atom. The molecular weight excluding hydrogens is 338 g/mol. The highest BCUT2D eigenvalue weighted by Crippen LogP contribution is 2.43. The van der Waals surface area contributed by atoms with Gasteiger partial charge in [-0.1, -0.05) is 34.1 Å². The van der Waals surface area contributed by atoms with E-state index in [0.29, 0.717) is 6.54 Å². The first kappa shape index (κ1) is 14.5. The molecule has 21 heavy (non-hydrogen) atoms. The number of carbonyl (C=O) groups excluding carboxylic acids is 1. The Morgan fingerprint density at radius 3 is 2.57 bits per heavy atom. The van der Waals surface area contributed by atoms with Gasteiger partial charge >= 0.3 is 5.97 Å². The summed E-state index contributed by atoms with van der Waals surface area (Å²) < 4.78 is 6.53. The predicted octanol–water partition coefficient (Wildman–Crippen LogP) is 1.94. The molecule has 112 valence electrons. The molecule has 0 radical (unpaired) electrons. The summed E-state index contributed by atoms with van der Waals surface area (Å²) in [6.07, 6.45) is 0.930. The maximum atomic E-state index is 12.4. The number of hydrogen-bond donors (Lipinski definition) is 2. The molecule has 2 fully saturated rings. The maximum absolute atomic E-state index is 12.4. The molecule has 2 aliphatic heterocycles. The number of aliphatic carboxylic acids is 1. The molecule has 2 aliphatic rings. The lowest BCUT2D eigenvalue weighted by atomic mass is 9.78. The van der Waals surface area contributed by atoms with E-state index in [4.69, 9.17) is 4.74 Å². The van der Waals surface area contributed by atoms with Gasteiger partial charge in [0.15, 0.2) is 0 Å². The molecule has 2 N–H and O–H groups in total. The Morgan fingerprint density at radius 1 is 1.24 bits per heavy atom. The zero-order valence-electron chi connectivity index (χ0n) is 11.3. The van der Waals surface area contributed by atoms with E-state index in [0.717, 1.165) is 22.9 Å². The van der Waals surface area contributed by atoms with E-state index < -0.39 is 17.8 Å². The third kappa shape index (κ3) is 2.70. The number of carbonyl (C=O) groups is 2. The number of nitrogens with one attached hydrogen (secondary N) is 1. The fourth-order valence-electron chi connectivity index (χ4n) is 3.27. The smallest absolute Gasteiger partial charge is 0.310 e. The summed E-state index contributed by atoms with van der Waals surface area (Å²) in [4.78, 5) is 23.7. The largest absolute Gasteiger partial charge is 0.481 e. The summed E-state index contributed by atoms with van der Waals surface area (Å²) in [5.41, 5.74) is 0.960. The van der Waals surface area contributed by atoms with Gasteiger partial charge in [0.2, 0.25) is 5.91 Å². The van der Waals surface area contributed by atoms with E-state index in [1.807, 2.05) is 24.3 Å². The van der Waals surface area contributed by atoms with Crippen LogP contribution in [-0.2, 0) is 20.9 Å². The number of hydrogen-bond acceptors (Lipinski definition) is 3. The van der Waals surface area contributed by atoms with E-state index in [2.05, 4.69) is 21.2 Å². The Bertz CT molecular complexity index is 577. The first-order valence-corrected chi connectivity index (χ1v) is 7.76. The van der Waals surface area contributed by atoms with E-state index >= 15 is 0 Å². The maximum Gasteiger partial charge on any atom is 0.310 e. The molecule has 4 atom stereocenters. The van der Waals surface area contributed by atoms with Crippen LogP contribution in [0.25, 0.3) is 0 Å². The normalized spacial score (nSPS) is 30.3. The highest BCUT2D eigenvalue weighted by Gasteiger charge is 2.55. The Hall–Kier alpha value is -1.40. The van der Waals surface area contributed by atoms with Crippen LogP contribution in [0.4, 0.5) is 0 Å². The number of carboxylic acids is 1. The number of benzene rings is 1. The molecule has 0 aromatic heterocycles. The van der Waals surface area contributed by atoms with Gasteiger partial charge in [-0.15, -0.1) is 0 Å². The quantitative estimate of drug-likeness (QED) is 0.867. The van der Waals surface area contributed by atoms with E-state index in [9.17, 15) is 14.7 Å². The van der Waals surface area contributed by atoms with Gasteiger partial charge in [0.1, 0.15) is 0 Å². The molecule has 6 heteroatoms. The molecule has 1 amide bonds. The second-order valence-electron chi connectivity index (χ2n) is 5.49. The minimum absolute atomic E-state index is 0.231. The second-order valence-corrected chi connectivity index (χ2v) is 6.34. The molecule has 5 nitrogen and oxygen atoms in total. The van der Waals surface area contributed by atoms with Crippen molar-refractivity contribution in [3.05, 3.63) is 34.3 Å². The van der Waals surface area contributed by atoms with Crippen molar-refractivity contribution < 1.29 is 19.4 Å².